The molecule has 0 saturated heterocycles. The molecule has 0 amide bonds. The van der Waals surface area contributed by atoms with E-state index in [4.69, 9.17) is 13.6 Å². The molecule has 0 aliphatic heterocycles. The molecular weight excluding hydrogens is 504 g/mol. The van der Waals surface area contributed by atoms with Crippen molar-refractivity contribution in [1.82, 2.24) is 30.2 Å². The lowest BCUT2D eigenvalue weighted by atomic mass is 9.97. The Labute approximate surface area is 222 Å². The van der Waals surface area contributed by atoms with Crippen LogP contribution in [-0.4, -0.2) is 41.3 Å². The molecule has 0 spiro atoms. The Morgan fingerprint density at radius 1 is 1.10 bits per heavy atom. The van der Waals surface area contributed by atoms with Crippen molar-refractivity contribution in [1.29, 1.82) is 0 Å². The second-order valence-electron chi connectivity index (χ2n) is 8.81. The molecule has 0 saturated carbocycles. The van der Waals surface area contributed by atoms with Crippen molar-refractivity contribution in [2.75, 3.05) is 0 Å². The summed E-state index contributed by atoms with van der Waals surface area (Å²) in [6, 6.07) is 15.6. The van der Waals surface area contributed by atoms with Crippen LogP contribution >= 0.6 is 0 Å². The number of aliphatic hydroxyl groups excluding tert-OH is 1. The summed E-state index contributed by atoms with van der Waals surface area (Å²) in [5.41, 5.74) is 4.29. The maximum Gasteiger partial charge on any atom is 0.519 e. The van der Waals surface area contributed by atoms with Crippen LogP contribution in [0.1, 0.15) is 52.4 Å². The van der Waals surface area contributed by atoms with Gasteiger partial charge in [-0.25, -0.2) is 14.6 Å². The number of carbonyl (C=O) groups excluding carboxylic acids is 1. The van der Waals surface area contributed by atoms with Gasteiger partial charge < -0.3 is 18.7 Å². The van der Waals surface area contributed by atoms with Crippen LogP contribution in [0, 0.1) is 6.92 Å². The predicted molar refractivity (Wildman–Crippen MR) is 137 cm³/mol. The van der Waals surface area contributed by atoms with Gasteiger partial charge in [-0.15, -0.1) is 10.2 Å². The van der Waals surface area contributed by atoms with Crippen molar-refractivity contribution >= 4 is 5.97 Å². The molecular formula is C27H26N6O6. The normalized spacial score (nSPS) is 11.2. The lowest BCUT2D eigenvalue weighted by molar-refractivity contribution is 0.0418. The first-order chi connectivity index (χ1) is 19.0. The highest BCUT2D eigenvalue weighted by Crippen LogP contribution is 2.30. The second-order valence-corrected chi connectivity index (χ2v) is 8.81. The number of ether oxygens (including phenoxy) is 1. The summed E-state index contributed by atoms with van der Waals surface area (Å²) in [5, 5.41) is 24.4. The molecule has 0 aliphatic rings. The fourth-order valence-corrected chi connectivity index (χ4v) is 4.38. The first-order valence-electron chi connectivity index (χ1n) is 12.4. The maximum atomic E-state index is 13.2. The number of hydrogen-bond acceptors (Lipinski definition) is 10. The van der Waals surface area contributed by atoms with Gasteiger partial charge >= 0.3 is 11.8 Å². The van der Waals surface area contributed by atoms with E-state index in [1.54, 1.807) is 6.92 Å². The number of imidazole rings is 1. The van der Waals surface area contributed by atoms with E-state index in [2.05, 4.69) is 25.6 Å². The number of carbonyl (C=O) groups is 1. The standard InChI is InChI=1S/C27H26N6O6/c1-3-6-23-28-21(24(33(23)15-34)26(35)37-14-22-16(2)38-27(36)39-22)13-17-9-11-18(12-10-17)19-7-4-5-8-20(19)25-29-31-32-30-25/h4-5,7-12,34H,3,6,13-15H2,1-2H3,(H,29,30,31,32). The van der Waals surface area contributed by atoms with Gasteiger partial charge in [0.05, 0.1) is 5.69 Å². The summed E-state index contributed by atoms with van der Waals surface area (Å²) >= 11 is 0. The van der Waals surface area contributed by atoms with Crippen LogP contribution in [0.3, 0.4) is 0 Å². The fourth-order valence-electron chi connectivity index (χ4n) is 4.38. The summed E-state index contributed by atoms with van der Waals surface area (Å²) in [6.07, 6.45) is 1.68. The molecule has 12 nitrogen and oxygen atoms in total. The molecule has 0 fully saturated rings. The first kappa shape index (κ1) is 25.8. The van der Waals surface area contributed by atoms with Crippen LogP contribution in [-0.2, 0) is 30.9 Å². The minimum absolute atomic E-state index is 0.121. The number of H-pyrrole nitrogens is 1. The molecule has 0 unspecified atom stereocenters. The van der Waals surface area contributed by atoms with E-state index >= 15 is 0 Å². The molecule has 200 valence electrons. The van der Waals surface area contributed by atoms with Gasteiger partial charge in [0.1, 0.15) is 12.6 Å². The summed E-state index contributed by atoms with van der Waals surface area (Å²) in [4.78, 5) is 29.2. The molecule has 0 bridgehead atoms. The molecule has 3 heterocycles. The Morgan fingerprint density at radius 2 is 1.87 bits per heavy atom. The number of rotatable bonds is 10. The number of nitrogens with zero attached hydrogens (tertiary/aromatic N) is 5. The van der Waals surface area contributed by atoms with Crippen LogP contribution in [0.15, 0.2) is 62.2 Å². The molecule has 0 radical (unpaired) electrons. The van der Waals surface area contributed by atoms with Crippen molar-refractivity contribution < 1.29 is 23.5 Å². The molecule has 2 aromatic carbocycles. The number of aromatic amines is 1. The van der Waals surface area contributed by atoms with Crippen LogP contribution in [0.2, 0.25) is 0 Å². The lowest BCUT2D eigenvalue weighted by Gasteiger charge is -2.10. The smallest absolute Gasteiger partial charge is 0.453 e. The first-order valence-corrected chi connectivity index (χ1v) is 12.4. The van der Waals surface area contributed by atoms with Gasteiger partial charge in [0.25, 0.3) is 0 Å². The molecule has 5 rings (SSSR count). The fraction of sp³-hybridized carbons (Fsp3) is 0.259. The summed E-state index contributed by atoms with van der Waals surface area (Å²) in [6.45, 7) is 2.81. The van der Waals surface area contributed by atoms with Crippen molar-refractivity contribution in [3.8, 4) is 22.5 Å². The third-order valence-corrected chi connectivity index (χ3v) is 6.25. The van der Waals surface area contributed by atoms with E-state index < -0.39 is 18.5 Å². The van der Waals surface area contributed by atoms with E-state index in [1.165, 1.54) is 4.57 Å². The number of aromatic nitrogens is 6. The Morgan fingerprint density at radius 3 is 2.51 bits per heavy atom. The van der Waals surface area contributed by atoms with Crippen LogP contribution in [0.25, 0.3) is 22.5 Å². The van der Waals surface area contributed by atoms with Crippen molar-refractivity contribution in [2.24, 2.45) is 0 Å². The average Bonchev–Trinajstić information content (AvgIpc) is 3.67. The molecule has 5 aromatic rings. The van der Waals surface area contributed by atoms with E-state index in [1.807, 2.05) is 55.5 Å². The number of aliphatic hydroxyl groups is 1. The van der Waals surface area contributed by atoms with Crippen LogP contribution in [0.4, 0.5) is 0 Å². The van der Waals surface area contributed by atoms with Gasteiger partial charge in [0.2, 0.25) is 5.82 Å². The lowest BCUT2D eigenvalue weighted by Crippen LogP contribution is -2.16. The number of nitrogens with one attached hydrogen (secondary N) is 1. The Hall–Kier alpha value is -4.84. The molecule has 3 aromatic heterocycles. The van der Waals surface area contributed by atoms with E-state index in [0.29, 0.717) is 30.2 Å². The predicted octanol–water partition coefficient (Wildman–Crippen LogP) is 3.43. The van der Waals surface area contributed by atoms with Crippen LogP contribution < -0.4 is 5.82 Å². The zero-order chi connectivity index (χ0) is 27.4. The second kappa shape index (κ2) is 11.3. The molecule has 39 heavy (non-hydrogen) atoms. The minimum Gasteiger partial charge on any atom is -0.453 e. The third kappa shape index (κ3) is 5.41. The van der Waals surface area contributed by atoms with E-state index in [9.17, 15) is 14.7 Å². The zero-order valence-corrected chi connectivity index (χ0v) is 21.4. The highest BCUT2D eigenvalue weighted by atomic mass is 16.6. The Balaban J connectivity index is 1.42. The molecule has 0 aliphatic carbocycles. The number of benzene rings is 2. The van der Waals surface area contributed by atoms with Crippen LogP contribution in [0.5, 0.6) is 0 Å². The Bertz CT molecular complexity index is 1630. The molecule has 2 N–H and O–H groups in total. The average molecular weight is 531 g/mol. The van der Waals surface area contributed by atoms with Crippen molar-refractivity contribution in [3.63, 3.8) is 0 Å². The molecule has 0 atom stereocenters. The van der Waals surface area contributed by atoms with Gasteiger partial charge in [-0.1, -0.05) is 55.5 Å². The van der Waals surface area contributed by atoms with Gasteiger partial charge in [-0.3, -0.25) is 4.57 Å². The number of esters is 1. The van der Waals surface area contributed by atoms with Gasteiger partial charge in [0, 0.05) is 18.4 Å². The topological polar surface area (TPSA) is 162 Å². The quantitative estimate of drug-likeness (QED) is 0.256. The van der Waals surface area contributed by atoms with E-state index in [-0.39, 0.29) is 23.8 Å². The summed E-state index contributed by atoms with van der Waals surface area (Å²) in [5.74, 6) is -0.123. The van der Waals surface area contributed by atoms with Crippen molar-refractivity contribution in [2.45, 2.75) is 46.4 Å². The minimum atomic E-state index is -0.867. The van der Waals surface area contributed by atoms with E-state index in [0.717, 1.165) is 28.7 Å². The largest absolute Gasteiger partial charge is 0.519 e. The van der Waals surface area contributed by atoms with Gasteiger partial charge in [-0.2, -0.15) is 5.21 Å². The zero-order valence-electron chi connectivity index (χ0n) is 21.4. The molecule has 12 heteroatoms. The monoisotopic (exact) mass is 530 g/mol. The highest BCUT2D eigenvalue weighted by Gasteiger charge is 2.25. The number of tetrazole rings is 1. The Kier molecular flexibility index (Phi) is 7.46. The van der Waals surface area contributed by atoms with Gasteiger partial charge in [0.15, 0.2) is 23.8 Å². The number of aryl methyl sites for hydroxylation is 2. The highest BCUT2D eigenvalue weighted by molar-refractivity contribution is 5.89. The maximum absolute atomic E-state index is 13.2. The third-order valence-electron chi connectivity index (χ3n) is 6.25. The summed E-state index contributed by atoms with van der Waals surface area (Å²) in [7, 11) is 0. The number of hydrogen-bond donors (Lipinski definition) is 2. The van der Waals surface area contributed by atoms with Crippen molar-refractivity contribution in [3.05, 3.63) is 93.4 Å². The SMILES string of the molecule is CCCc1nc(Cc2ccc(-c3ccccc3-c3nn[nH]n3)cc2)c(C(=O)OCc2oc(=O)oc2C)n1CO. The summed E-state index contributed by atoms with van der Waals surface area (Å²) < 4.78 is 16.6. The van der Waals surface area contributed by atoms with Gasteiger partial charge in [-0.05, 0) is 35.2 Å².